The average Bonchev–Trinajstić information content (AvgIpc) is 3.67. The lowest BCUT2D eigenvalue weighted by molar-refractivity contribution is 0.660. The SMILES string of the molecule is CC1(C)c2ccccc2-c2ccc(-c3nc(-c4ccccc4)nc(-c4ccc5oc6c7ccccc7nc(-c7ccccc7)c6c5c4)n3)cc21. The zero-order valence-corrected chi connectivity index (χ0v) is 27.6. The molecule has 10 rings (SSSR count). The van der Waals surface area contributed by atoms with E-state index >= 15 is 0 Å². The van der Waals surface area contributed by atoms with Crippen molar-refractivity contribution in [2.75, 3.05) is 0 Å². The molecule has 0 bridgehead atoms. The molecule has 0 fully saturated rings. The van der Waals surface area contributed by atoms with Crippen LogP contribution < -0.4 is 0 Å². The molecule has 0 aliphatic heterocycles. The van der Waals surface area contributed by atoms with E-state index in [0.717, 1.165) is 60.8 Å². The maximum Gasteiger partial charge on any atom is 0.164 e. The van der Waals surface area contributed by atoms with Crippen LogP contribution in [0.2, 0.25) is 0 Å². The van der Waals surface area contributed by atoms with Crippen LogP contribution in [-0.4, -0.2) is 19.9 Å². The van der Waals surface area contributed by atoms with Crippen molar-refractivity contribution in [2.45, 2.75) is 19.3 Å². The summed E-state index contributed by atoms with van der Waals surface area (Å²) >= 11 is 0. The first-order chi connectivity index (χ1) is 24.5. The Bertz CT molecular complexity index is 2780. The van der Waals surface area contributed by atoms with Gasteiger partial charge in [0.25, 0.3) is 0 Å². The number of rotatable bonds is 4. The van der Waals surface area contributed by atoms with Crippen LogP contribution in [0.3, 0.4) is 0 Å². The number of hydrogen-bond acceptors (Lipinski definition) is 5. The van der Waals surface area contributed by atoms with Gasteiger partial charge in [-0.15, -0.1) is 0 Å². The second kappa shape index (κ2) is 10.8. The zero-order chi connectivity index (χ0) is 33.4. The van der Waals surface area contributed by atoms with Crippen molar-refractivity contribution in [2.24, 2.45) is 0 Å². The lowest BCUT2D eigenvalue weighted by Gasteiger charge is -2.21. The molecule has 0 amide bonds. The van der Waals surface area contributed by atoms with E-state index in [-0.39, 0.29) is 5.41 Å². The number of para-hydroxylation sites is 1. The minimum atomic E-state index is -0.137. The molecular weight excluding hydrogens is 613 g/mol. The fourth-order valence-electron chi connectivity index (χ4n) is 7.60. The maximum atomic E-state index is 6.60. The fraction of sp³-hybridized carbons (Fsp3) is 0.0667. The summed E-state index contributed by atoms with van der Waals surface area (Å²) in [5, 5.41) is 2.93. The van der Waals surface area contributed by atoms with Gasteiger partial charge in [0, 0.05) is 38.4 Å². The standard InChI is InChI=1S/C45H30N4O/c1-45(2)35-19-11-9-17-31(35)32-23-21-30(26-36(32)45)44-48-42(28-15-7-4-8-16-28)47-43(49-44)29-22-24-38-34(25-29)39-40(27-13-5-3-6-14-27)46-37-20-12-10-18-33(37)41(39)50-38/h3-26H,1-2H3. The van der Waals surface area contributed by atoms with E-state index in [1.807, 2.05) is 78.9 Å². The highest BCUT2D eigenvalue weighted by Crippen LogP contribution is 2.49. The first-order valence-corrected chi connectivity index (χ1v) is 16.9. The van der Waals surface area contributed by atoms with Gasteiger partial charge in [-0.25, -0.2) is 19.9 Å². The van der Waals surface area contributed by atoms with Gasteiger partial charge in [0.05, 0.1) is 16.6 Å². The van der Waals surface area contributed by atoms with Gasteiger partial charge in [-0.1, -0.05) is 123 Å². The monoisotopic (exact) mass is 642 g/mol. The number of hydrogen-bond donors (Lipinski definition) is 0. The minimum Gasteiger partial charge on any atom is -0.455 e. The summed E-state index contributed by atoms with van der Waals surface area (Å²) in [6, 6.07) is 50.1. The van der Waals surface area contributed by atoms with Gasteiger partial charge in [0.1, 0.15) is 11.2 Å². The summed E-state index contributed by atoms with van der Waals surface area (Å²) in [5.41, 5.74) is 12.2. The van der Waals surface area contributed by atoms with Crippen LogP contribution in [0, 0.1) is 0 Å². The Morgan fingerprint density at radius 2 is 1.06 bits per heavy atom. The van der Waals surface area contributed by atoms with Crippen LogP contribution in [0.15, 0.2) is 150 Å². The summed E-state index contributed by atoms with van der Waals surface area (Å²) in [7, 11) is 0. The normalized spacial score (nSPS) is 13.2. The number of benzene rings is 6. The van der Waals surface area contributed by atoms with E-state index in [1.165, 1.54) is 22.3 Å². The third-order valence-corrected chi connectivity index (χ3v) is 10.1. The van der Waals surface area contributed by atoms with Crippen molar-refractivity contribution in [3.63, 3.8) is 0 Å². The first kappa shape index (κ1) is 28.5. The topological polar surface area (TPSA) is 64.7 Å². The smallest absolute Gasteiger partial charge is 0.164 e. The third kappa shape index (κ3) is 4.33. The minimum absolute atomic E-state index is 0.137. The molecule has 1 aliphatic carbocycles. The molecular formula is C45H30N4O. The maximum absolute atomic E-state index is 6.60. The fourth-order valence-corrected chi connectivity index (χ4v) is 7.60. The predicted octanol–water partition coefficient (Wildman–Crippen LogP) is 11.3. The van der Waals surface area contributed by atoms with Crippen molar-refractivity contribution >= 4 is 32.8 Å². The predicted molar refractivity (Wildman–Crippen MR) is 202 cm³/mol. The molecule has 236 valence electrons. The summed E-state index contributed by atoms with van der Waals surface area (Å²) < 4.78 is 6.60. The molecule has 0 saturated heterocycles. The highest BCUT2D eigenvalue weighted by Gasteiger charge is 2.35. The van der Waals surface area contributed by atoms with Gasteiger partial charge in [0.15, 0.2) is 17.5 Å². The molecule has 50 heavy (non-hydrogen) atoms. The molecule has 0 N–H and O–H groups in total. The van der Waals surface area contributed by atoms with Gasteiger partial charge in [0.2, 0.25) is 0 Å². The van der Waals surface area contributed by atoms with Gasteiger partial charge in [-0.2, -0.15) is 0 Å². The van der Waals surface area contributed by atoms with Crippen molar-refractivity contribution < 1.29 is 4.42 Å². The number of fused-ring (bicyclic) bond motifs is 8. The molecule has 0 unspecified atom stereocenters. The van der Waals surface area contributed by atoms with Crippen LogP contribution in [-0.2, 0) is 5.41 Å². The van der Waals surface area contributed by atoms with Crippen LogP contribution >= 0.6 is 0 Å². The molecule has 9 aromatic rings. The molecule has 0 radical (unpaired) electrons. The quantitative estimate of drug-likeness (QED) is 0.191. The molecule has 0 saturated carbocycles. The molecule has 0 spiro atoms. The zero-order valence-electron chi connectivity index (χ0n) is 27.6. The second-order valence-corrected chi connectivity index (χ2v) is 13.5. The van der Waals surface area contributed by atoms with Gasteiger partial charge >= 0.3 is 0 Å². The van der Waals surface area contributed by atoms with E-state index in [0.29, 0.717) is 17.5 Å². The second-order valence-electron chi connectivity index (χ2n) is 13.5. The number of aromatic nitrogens is 4. The molecule has 3 heterocycles. The highest BCUT2D eigenvalue weighted by atomic mass is 16.3. The third-order valence-electron chi connectivity index (χ3n) is 10.1. The van der Waals surface area contributed by atoms with Crippen LogP contribution in [0.5, 0.6) is 0 Å². The summed E-state index contributed by atoms with van der Waals surface area (Å²) in [6.45, 7) is 4.59. The lowest BCUT2D eigenvalue weighted by atomic mass is 9.82. The average molecular weight is 643 g/mol. The van der Waals surface area contributed by atoms with Crippen molar-refractivity contribution in [3.05, 3.63) is 157 Å². The summed E-state index contributed by atoms with van der Waals surface area (Å²) in [6.07, 6.45) is 0. The van der Waals surface area contributed by atoms with Crippen LogP contribution in [0.25, 0.3) is 89.4 Å². The van der Waals surface area contributed by atoms with E-state index in [1.54, 1.807) is 0 Å². The van der Waals surface area contributed by atoms with Gasteiger partial charge in [-0.05, 0) is 58.7 Å². The number of nitrogens with zero attached hydrogens (tertiary/aromatic N) is 4. The molecule has 1 aliphatic rings. The molecule has 5 nitrogen and oxygen atoms in total. The Balaban J connectivity index is 1.19. The summed E-state index contributed by atoms with van der Waals surface area (Å²) in [4.78, 5) is 20.4. The van der Waals surface area contributed by atoms with Gasteiger partial charge in [-0.3, -0.25) is 0 Å². The van der Waals surface area contributed by atoms with Crippen molar-refractivity contribution in [1.29, 1.82) is 0 Å². The lowest BCUT2D eigenvalue weighted by Crippen LogP contribution is -2.15. The number of pyridine rings is 1. The molecule has 5 heteroatoms. The van der Waals surface area contributed by atoms with Crippen LogP contribution in [0.1, 0.15) is 25.0 Å². The largest absolute Gasteiger partial charge is 0.455 e. The Kier molecular flexibility index (Phi) is 6.15. The van der Waals surface area contributed by atoms with Gasteiger partial charge < -0.3 is 4.42 Å². The molecule has 3 aromatic heterocycles. The van der Waals surface area contributed by atoms with E-state index in [4.69, 9.17) is 24.4 Å². The number of furan rings is 1. The van der Waals surface area contributed by atoms with E-state index in [9.17, 15) is 0 Å². The van der Waals surface area contributed by atoms with Crippen molar-refractivity contribution in [3.8, 4) is 56.5 Å². The van der Waals surface area contributed by atoms with Crippen LogP contribution in [0.4, 0.5) is 0 Å². The Morgan fingerprint density at radius 3 is 1.84 bits per heavy atom. The molecule has 6 aromatic carbocycles. The molecule has 0 atom stereocenters. The van der Waals surface area contributed by atoms with E-state index in [2.05, 4.69) is 80.6 Å². The van der Waals surface area contributed by atoms with Crippen molar-refractivity contribution in [1.82, 2.24) is 19.9 Å². The van der Waals surface area contributed by atoms with E-state index < -0.39 is 0 Å². The Morgan fingerprint density at radius 1 is 0.460 bits per heavy atom. The Labute approximate surface area is 289 Å². The highest BCUT2D eigenvalue weighted by molar-refractivity contribution is 6.19. The summed E-state index contributed by atoms with van der Waals surface area (Å²) in [5.74, 6) is 1.87. The Hall–Kier alpha value is -6.46. The first-order valence-electron chi connectivity index (χ1n) is 16.9.